The predicted octanol–water partition coefficient (Wildman–Crippen LogP) is 4.81. The van der Waals surface area contributed by atoms with Crippen molar-refractivity contribution in [2.75, 3.05) is 11.9 Å². The van der Waals surface area contributed by atoms with E-state index in [9.17, 15) is 9.59 Å². The van der Waals surface area contributed by atoms with Crippen LogP contribution in [0.3, 0.4) is 0 Å². The monoisotopic (exact) mass is 364 g/mol. The average Bonchev–Trinajstić information content (AvgIpc) is 2.49. The molecule has 0 aliphatic heterocycles. The molecule has 0 aromatic heterocycles. The molecule has 0 N–H and O–H groups in total. The Balaban J connectivity index is 3.07. The summed E-state index contributed by atoms with van der Waals surface area (Å²) < 4.78 is 10.8. The molecule has 0 aliphatic carbocycles. The van der Waals surface area contributed by atoms with E-state index in [0.29, 0.717) is 12.2 Å². The van der Waals surface area contributed by atoms with Crippen LogP contribution in [-0.2, 0) is 16.0 Å². The van der Waals surface area contributed by atoms with Crippen molar-refractivity contribution in [2.24, 2.45) is 0 Å². The molecule has 0 fully saturated rings. The zero-order valence-corrected chi connectivity index (χ0v) is 17.2. The number of benzene rings is 1. The lowest BCUT2D eigenvalue weighted by molar-refractivity contribution is 0.0172. The molecule has 0 aliphatic rings. The Morgan fingerprint density at radius 3 is 2.12 bits per heavy atom. The Kier molecular flexibility index (Phi) is 7.48. The smallest absolute Gasteiger partial charge is 0.414 e. The molecule has 0 spiro atoms. The van der Waals surface area contributed by atoms with Gasteiger partial charge in [-0.2, -0.15) is 0 Å². The first kappa shape index (κ1) is 21.8. The molecule has 0 bridgehead atoms. The number of nitrogens with zero attached hydrogens (tertiary/aromatic N) is 2. The fraction of sp³-hybridized carbons (Fsp3) is 0.600. The van der Waals surface area contributed by atoms with E-state index < -0.39 is 11.7 Å². The lowest BCUT2D eigenvalue weighted by Gasteiger charge is -2.31. The second kappa shape index (κ2) is 8.92. The highest BCUT2D eigenvalue weighted by molar-refractivity contribution is 5.88. The highest BCUT2D eigenvalue weighted by Gasteiger charge is 2.26. The molecule has 2 amide bonds. The summed E-state index contributed by atoms with van der Waals surface area (Å²) in [7, 11) is 1.66. The van der Waals surface area contributed by atoms with Gasteiger partial charge in [-0.15, -0.1) is 0 Å². The van der Waals surface area contributed by atoms with E-state index >= 15 is 0 Å². The number of rotatable bonds is 5. The first-order valence-electron chi connectivity index (χ1n) is 8.94. The first-order chi connectivity index (χ1) is 11.9. The van der Waals surface area contributed by atoms with Gasteiger partial charge in [-0.05, 0) is 60.1 Å². The fourth-order valence-electron chi connectivity index (χ4n) is 2.31. The third-order valence-corrected chi connectivity index (χ3v) is 3.56. The summed E-state index contributed by atoms with van der Waals surface area (Å²) in [6, 6.07) is 7.42. The van der Waals surface area contributed by atoms with Crippen LogP contribution in [0, 0.1) is 0 Å². The summed E-state index contributed by atoms with van der Waals surface area (Å²) in [5.41, 5.74) is 0.976. The van der Waals surface area contributed by atoms with Crippen LogP contribution in [0.5, 0.6) is 0 Å². The Morgan fingerprint density at radius 1 is 1.04 bits per heavy atom. The second-order valence-electron chi connectivity index (χ2n) is 7.82. The number of amides is 2. The normalized spacial score (nSPS) is 11.5. The van der Waals surface area contributed by atoms with Crippen molar-refractivity contribution in [1.29, 1.82) is 0 Å². The average molecular weight is 364 g/mol. The highest BCUT2D eigenvalue weighted by Crippen LogP contribution is 2.24. The van der Waals surface area contributed by atoms with Gasteiger partial charge in [0.1, 0.15) is 5.60 Å². The topological polar surface area (TPSA) is 59.1 Å². The molecule has 0 radical (unpaired) electrons. The predicted molar refractivity (Wildman–Crippen MR) is 103 cm³/mol. The van der Waals surface area contributed by atoms with Crippen LogP contribution in [0.2, 0.25) is 0 Å². The van der Waals surface area contributed by atoms with E-state index in [-0.39, 0.29) is 18.2 Å². The van der Waals surface area contributed by atoms with Crippen LogP contribution in [0.25, 0.3) is 0 Å². The van der Waals surface area contributed by atoms with Crippen LogP contribution >= 0.6 is 0 Å². The molecule has 0 saturated heterocycles. The van der Waals surface area contributed by atoms with Gasteiger partial charge in [0.15, 0.2) is 0 Å². The van der Waals surface area contributed by atoms with Gasteiger partial charge in [0.2, 0.25) is 0 Å². The first-order valence-corrected chi connectivity index (χ1v) is 8.94. The SMILES string of the molecule is CC(C)OC(=O)N(C)c1ccccc1CN(C(=O)OC(C)(C)C)C(C)C. The molecule has 146 valence electrons. The van der Waals surface area contributed by atoms with E-state index in [4.69, 9.17) is 9.47 Å². The Labute approximate surface area is 157 Å². The standard InChI is InChI=1S/C20H32N2O4/c1-14(2)22(19(24)26-20(5,6)7)13-16-11-9-10-12-17(16)21(8)18(23)25-15(3)4/h9-12,14-15H,13H2,1-8H3. The number of carbonyl (C=O) groups excluding carboxylic acids is 2. The molecular weight excluding hydrogens is 332 g/mol. The summed E-state index contributed by atoms with van der Waals surface area (Å²) in [6.07, 6.45) is -1.01. The van der Waals surface area contributed by atoms with Gasteiger partial charge in [-0.1, -0.05) is 18.2 Å². The molecule has 0 heterocycles. The third-order valence-electron chi connectivity index (χ3n) is 3.56. The molecular formula is C20H32N2O4. The molecule has 6 nitrogen and oxygen atoms in total. The molecule has 0 saturated carbocycles. The fourth-order valence-corrected chi connectivity index (χ4v) is 2.31. The third kappa shape index (κ3) is 6.58. The lowest BCUT2D eigenvalue weighted by Crippen LogP contribution is -2.41. The van der Waals surface area contributed by atoms with E-state index in [1.807, 2.05) is 58.9 Å². The molecule has 26 heavy (non-hydrogen) atoms. The van der Waals surface area contributed by atoms with E-state index in [1.54, 1.807) is 25.8 Å². The van der Waals surface area contributed by atoms with Gasteiger partial charge in [0.05, 0.1) is 18.3 Å². The zero-order chi connectivity index (χ0) is 20.1. The van der Waals surface area contributed by atoms with Gasteiger partial charge in [-0.25, -0.2) is 9.59 Å². The van der Waals surface area contributed by atoms with Crippen molar-refractivity contribution in [2.45, 2.75) is 72.8 Å². The minimum Gasteiger partial charge on any atom is -0.446 e. The van der Waals surface area contributed by atoms with Crippen molar-refractivity contribution in [3.63, 3.8) is 0 Å². The Bertz CT molecular complexity index is 620. The molecule has 0 unspecified atom stereocenters. The second-order valence-corrected chi connectivity index (χ2v) is 7.82. The lowest BCUT2D eigenvalue weighted by atomic mass is 10.1. The Hall–Kier alpha value is -2.24. The number of anilines is 1. The number of carbonyl (C=O) groups is 2. The minimum atomic E-state index is -0.568. The minimum absolute atomic E-state index is 0.0502. The van der Waals surface area contributed by atoms with Gasteiger partial charge in [0, 0.05) is 13.1 Å². The van der Waals surface area contributed by atoms with Crippen molar-refractivity contribution in [3.8, 4) is 0 Å². The van der Waals surface area contributed by atoms with Gasteiger partial charge in [0.25, 0.3) is 0 Å². The molecule has 1 aromatic carbocycles. The summed E-state index contributed by atoms with van der Waals surface area (Å²) in [5, 5.41) is 0. The van der Waals surface area contributed by atoms with Crippen LogP contribution in [0.15, 0.2) is 24.3 Å². The largest absolute Gasteiger partial charge is 0.446 e. The van der Waals surface area contributed by atoms with Gasteiger partial charge >= 0.3 is 12.2 Å². The maximum Gasteiger partial charge on any atom is 0.414 e. The summed E-state index contributed by atoms with van der Waals surface area (Å²) in [4.78, 5) is 27.9. The number of hydrogen-bond acceptors (Lipinski definition) is 4. The highest BCUT2D eigenvalue weighted by atomic mass is 16.6. The number of ether oxygens (including phenoxy) is 2. The van der Waals surface area contributed by atoms with E-state index in [2.05, 4.69) is 0 Å². The van der Waals surface area contributed by atoms with Crippen molar-refractivity contribution >= 4 is 17.9 Å². The maximum atomic E-state index is 12.6. The summed E-state index contributed by atoms with van der Waals surface area (Å²) in [5.74, 6) is 0. The van der Waals surface area contributed by atoms with Crippen LogP contribution in [0.4, 0.5) is 15.3 Å². The van der Waals surface area contributed by atoms with Gasteiger partial charge < -0.3 is 14.4 Å². The summed E-state index contributed by atoms with van der Waals surface area (Å²) >= 11 is 0. The van der Waals surface area contributed by atoms with Crippen molar-refractivity contribution in [3.05, 3.63) is 29.8 Å². The molecule has 6 heteroatoms. The van der Waals surface area contributed by atoms with Crippen LogP contribution in [-0.4, -0.2) is 41.9 Å². The molecule has 1 aromatic rings. The zero-order valence-electron chi connectivity index (χ0n) is 17.2. The van der Waals surface area contributed by atoms with Crippen molar-refractivity contribution in [1.82, 2.24) is 4.90 Å². The maximum absolute atomic E-state index is 12.6. The van der Waals surface area contributed by atoms with Crippen molar-refractivity contribution < 1.29 is 19.1 Å². The molecule has 1 rings (SSSR count). The van der Waals surface area contributed by atoms with Crippen LogP contribution in [0.1, 0.15) is 54.0 Å². The summed E-state index contributed by atoms with van der Waals surface area (Å²) in [6.45, 7) is 13.3. The van der Waals surface area contributed by atoms with E-state index in [0.717, 1.165) is 5.56 Å². The number of hydrogen-bond donors (Lipinski definition) is 0. The van der Waals surface area contributed by atoms with Crippen LogP contribution < -0.4 is 4.90 Å². The van der Waals surface area contributed by atoms with E-state index in [1.165, 1.54) is 4.90 Å². The van der Waals surface area contributed by atoms with Gasteiger partial charge in [-0.3, -0.25) is 4.90 Å². The Morgan fingerprint density at radius 2 is 1.62 bits per heavy atom. The number of para-hydroxylation sites is 1. The quantitative estimate of drug-likeness (QED) is 0.752. The molecule has 0 atom stereocenters.